The van der Waals surface area contributed by atoms with Crippen LogP contribution in [-0.2, 0) is 6.61 Å². The first-order valence-electron chi connectivity index (χ1n) is 12.4. The minimum Gasteiger partial charge on any atom is -0.488 e. The molecule has 2 atom stereocenters. The number of aliphatic hydroxyl groups is 1. The molecule has 9 heteroatoms. The molecule has 1 fully saturated rings. The van der Waals surface area contributed by atoms with E-state index in [1.54, 1.807) is 12.1 Å². The number of halogens is 2. The number of likely N-dealkylation sites (N-methyl/N-ethyl adjacent to an activating group) is 1. The average Bonchev–Trinajstić information content (AvgIpc) is 3.15. The van der Waals surface area contributed by atoms with Crippen LogP contribution >= 0.6 is 0 Å². The number of fused-ring (bicyclic) bond motifs is 3. The molecule has 2 aliphatic heterocycles. The van der Waals surface area contributed by atoms with Crippen LogP contribution in [0.2, 0.25) is 0 Å². The fourth-order valence-corrected chi connectivity index (χ4v) is 5.47. The predicted molar refractivity (Wildman–Crippen MR) is 140 cm³/mol. The van der Waals surface area contributed by atoms with Crippen molar-refractivity contribution >= 4 is 28.6 Å². The molecule has 1 aromatic heterocycles. The number of aliphatic hydroxyl groups excluding tert-OH is 1. The molecule has 0 bridgehead atoms. The molecule has 3 aromatic carbocycles. The van der Waals surface area contributed by atoms with Crippen LogP contribution in [0, 0.1) is 23.1 Å². The molecule has 2 aliphatic rings. The van der Waals surface area contributed by atoms with E-state index < -0.39 is 11.9 Å². The second-order valence-corrected chi connectivity index (χ2v) is 9.73. The van der Waals surface area contributed by atoms with Crippen LogP contribution in [0.25, 0.3) is 22.7 Å². The Bertz CT molecular complexity index is 1620. The fourth-order valence-electron chi connectivity index (χ4n) is 5.47. The number of hydrogen-bond donors (Lipinski definition) is 2. The number of likely N-dealkylation sites (tertiary alicyclic amines) is 1. The topological polar surface area (TPSA) is 86.3 Å². The van der Waals surface area contributed by atoms with Crippen molar-refractivity contribution in [3.63, 3.8) is 0 Å². The second-order valence-electron chi connectivity index (χ2n) is 9.73. The van der Waals surface area contributed by atoms with E-state index in [0.717, 1.165) is 17.6 Å². The number of benzene rings is 3. The number of rotatable bonds is 3. The van der Waals surface area contributed by atoms with Gasteiger partial charge in [-0.15, -0.1) is 0 Å². The molecular formula is C29H25F2N5O2. The van der Waals surface area contributed by atoms with Crippen molar-refractivity contribution in [2.45, 2.75) is 25.2 Å². The van der Waals surface area contributed by atoms with Gasteiger partial charge in [0.05, 0.1) is 23.2 Å². The minimum absolute atomic E-state index is 0.0126. The van der Waals surface area contributed by atoms with Crippen molar-refractivity contribution in [1.29, 1.82) is 5.26 Å². The molecule has 0 spiro atoms. The Balaban J connectivity index is 1.50. The zero-order valence-corrected chi connectivity index (χ0v) is 20.7. The number of piperidine rings is 1. The van der Waals surface area contributed by atoms with Gasteiger partial charge < -0.3 is 19.3 Å². The van der Waals surface area contributed by atoms with Gasteiger partial charge in [-0.2, -0.15) is 5.26 Å². The normalized spacial score (nSPS) is 20.3. The van der Waals surface area contributed by atoms with Gasteiger partial charge in [-0.25, -0.2) is 13.8 Å². The molecule has 2 N–H and O–H groups in total. The standard InChI is InChI=1S/C29H25F2N5O2/c1-35-10-9-26(27(37)14-35)36-25-8-5-17(12-24(25)34-29(36)33-16-32)11-21-19-3-2-4-23(31)22(19)15-38-28-13-18(30)6-7-20(21)28/h2-8,11-13,26-27,37H,9-10,14-15H2,1H3,(H,33,34)/b21-11+/t26?,27-/m1/s1. The number of nitriles is 1. The van der Waals surface area contributed by atoms with Crippen LogP contribution in [0.1, 0.15) is 34.7 Å². The predicted octanol–water partition coefficient (Wildman–Crippen LogP) is 4.93. The van der Waals surface area contributed by atoms with Crippen LogP contribution in [0.4, 0.5) is 14.7 Å². The fraction of sp³-hybridized carbons (Fsp3) is 0.241. The van der Waals surface area contributed by atoms with Crippen LogP contribution in [0.5, 0.6) is 5.75 Å². The molecule has 1 unspecified atom stereocenters. The number of aromatic nitrogens is 2. The second kappa shape index (κ2) is 9.56. The summed E-state index contributed by atoms with van der Waals surface area (Å²) in [5.74, 6) is -0.110. The van der Waals surface area contributed by atoms with Gasteiger partial charge in [0.1, 0.15) is 24.0 Å². The molecule has 4 aromatic rings. The van der Waals surface area contributed by atoms with E-state index in [1.807, 2.05) is 48.1 Å². The summed E-state index contributed by atoms with van der Waals surface area (Å²) in [6, 6.07) is 14.7. The first-order valence-corrected chi connectivity index (χ1v) is 12.4. The van der Waals surface area contributed by atoms with Gasteiger partial charge in [-0.3, -0.25) is 5.32 Å². The molecule has 0 saturated carbocycles. The summed E-state index contributed by atoms with van der Waals surface area (Å²) in [5.41, 5.74) is 4.65. The van der Waals surface area contributed by atoms with E-state index in [2.05, 4.69) is 15.2 Å². The van der Waals surface area contributed by atoms with Gasteiger partial charge in [0.2, 0.25) is 5.95 Å². The van der Waals surface area contributed by atoms with Gasteiger partial charge in [0, 0.05) is 30.3 Å². The van der Waals surface area contributed by atoms with Gasteiger partial charge >= 0.3 is 0 Å². The van der Waals surface area contributed by atoms with Gasteiger partial charge in [-0.1, -0.05) is 18.2 Å². The quantitative estimate of drug-likeness (QED) is 0.299. The maximum atomic E-state index is 14.8. The molecule has 1 saturated heterocycles. The molecule has 6 rings (SSSR count). The van der Waals surface area contributed by atoms with E-state index in [0.29, 0.717) is 52.4 Å². The van der Waals surface area contributed by atoms with Crippen LogP contribution in [0.15, 0.2) is 54.6 Å². The summed E-state index contributed by atoms with van der Waals surface area (Å²) in [6.07, 6.45) is 3.96. The smallest absolute Gasteiger partial charge is 0.217 e. The average molecular weight is 514 g/mol. The van der Waals surface area contributed by atoms with E-state index in [9.17, 15) is 19.1 Å². The third-order valence-electron chi connectivity index (χ3n) is 7.29. The lowest BCUT2D eigenvalue weighted by atomic mass is 9.92. The number of β-amino-alcohol motifs (C(OH)–C–C–N with tert-alkyl or cyclic N) is 1. The Hall–Kier alpha value is -4.26. The summed E-state index contributed by atoms with van der Waals surface area (Å²) >= 11 is 0. The highest BCUT2D eigenvalue weighted by Gasteiger charge is 2.30. The lowest BCUT2D eigenvalue weighted by molar-refractivity contribution is 0.0403. The summed E-state index contributed by atoms with van der Waals surface area (Å²) in [4.78, 5) is 6.73. The van der Waals surface area contributed by atoms with Crippen molar-refractivity contribution in [3.8, 4) is 11.9 Å². The first-order chi connectivity index (χ1) is 18.4. The Morgan fingerprint density at radius 1 is 1.16 bits per heavy atom. The molecule has 7 nitrogen and oxygen atoms in total. The van der Waals surface area contributed by atoms with Gasteiger partial charge in [0.15, 0.2) is 6.19 Å². The summed E-state index contributed by atoms with van der Waals surface area (Å²) < 4.78 is 36.5. The molecule has 0 radical (unpaired) electrons. The lowest BCUT2D eigenvalue weighted by Gasteiger charge is -2.35. The number of hydrogen-bond acceptors (Lipinski definition) is 6. The molecule has 3 heterocycles. The van der Waals surface area contributed by atoms with E-state index in [1.165, 1.54) is 18.2 Å². The number of ether oxygens (including phenoxy) is 1. The number of imidazole rings is 1. The Morgan fingerprint density at radius 3 is 2.84 bits per heavy atom. The third-order valence-corrected chi connectivity index (χ3v) is 7.29. The summed E-state index contributed by atoms with van der Waals surface area (Å²) in [5, 5.41) is 22.8. The first kappa shape index (κ1) is 24.1. The van der Waals surface area contributed by atoms with Gasteiger partial charge in [0.25, 0.3) is 0 Å². The largest absolute Gasteiger partial charge is 0.488 e. The number of anilines is 1. The highest BCUT2D eigenvalue weighted by molar-refractivity contribution is 5.96. The Kier molecular flexibility index (Phi) is 6.06. The molecule has 0 aliphatic carbocycles. The van der Waals surface area contributed by atoms with Gasteiger partial charge in [-0.05, 0) is 66.6 Å². The molecule has 192 valence electrons. The Morgan fingerprint density at radius 2 is 2.03 bits per heavy atom. The Labute approximate surface area is 218 Å². The van der Waals surface area contributed by atoms with E-state index in [-0.39, 0.29) is 18.5 Å². The highest BCUT2D eigenvalue weighted by atomic mass is 19.1. The monoisotopic (exact) mass is 513 g/mol. The number of nitrogens with zero attached hydrogens (tertiary/aromatic N) is 4. The van der Waals surface area contributed by atoms with Crippen LogP contribution in [0.3, 0.4) is 0 Å². The number of nitrogens with one attached hydrogen (secondary N) is 1. The van der Waals surface area contributed by atoms with Crippen LogP contribution < -0.4 is 10.1 Å². The zero-order valence-electron chi connectivity index (χ0n) is 20.7. The third kappa shape index (κ3) is 4.18. The van der Waals surface area contributed by atoms with E-state index >= 15 is 0 Å². The van der Waals surface area contributed by atoms with Crippen molar-refractivity contribution in [1.82, 2.24) is 14.5 Å². The molecule has 0 amide bonds. The maximum absolute atomic E-state index is 14.8. The lowest BCUT2D eigenvalue weighted by Crippen LogP contribution is -2.42. The van der Waals surface area contributed by atoms with Crippen molar-refractivity contribution in [2.24, 2.45) is 0 Å². The van der Waals surface area contributed by atoms with Crippen molar-refractivity contribution < 1.29 is 18.6 Å². The minimum atomic E-state index is -0.610. The summed E-state index contributed by atoms with van der Waals surface area (Å²) in [6.45, 7) is 1.33. The van der Waals surface area contributed by atoms with Crippen LogP contribution in [-0.4, -0.2) is 45.8 Å². The molecule has 38 heavy (non-hydrogen) atoms. The highest BCUT2D eigenvalue weighted by Crippen LogP contribution is 2.39. The van der Waals surface area contributed by atoms with Crippen molar-refractivity contribution in [2.75, 3.05) is 25.5 Å². The molecular weight excluding hydrogens is 488 g/mol. The van der Waals surface area contributed by atoms with E-state index in [4.69, 9.17) is 4.74 Å². The van der Waals surface area contributed by atoms with Crippen molar-refractivity contribution in [3.05, 3.63) is 88.5 Å². The SMILES string of the molecule is CN1CCC(n2c(NC#N)nc3cc(/C=C4/c5ccc(F)cc5OCc5c(F)cccc54)ccc32)[C@H](O)C1. The zero-order chi connectivity index (χ0) is 26.4. The summed E-state index contributed by atoms with van der Waals surface area (Å²) in [7, 11) is 1.97. The maximum Gasteiger partial charge on any atom is 0.217 e.